The highest BCUT2D eigenvalue weighted by Crippen LogP contribution is 2.29. The van der Waals surface area contributed by atoms with Gasteiger partial charge in [0.05, 0.1) is 16.7 Å². The number of rotatable bonds is 7. The Morgan fingerprint density at radius 3 is 2.48 bits per heavy atom. The van der Waals surface area contributed by atoms with Gasteiger partial charge in [0.25, 0.3) is 5.69 Å². The molecule has 1 aromatic rings. The van der Waals surface area contributed by atoms with Crippen LogP contribution < -0.4 is 10.0 Å². The summed E-state index contributed by atoms with van der Waals surface area (Å²) < 4.78 is 40.9. The molecule has 0 radical (unpaired) electrons. The van der Waals surface area contributed by atoms with Crippen LogP contribution in [0.15, 0.2) is 17.0 Å². The van der Waals surface area contributed by atoms with E-state index in [1.54, 1.807) is 20.8 Å². The van der Waals surface area contributed by atoms with Crippen LogP contribution in [-0.2, 0) is 10.0 Å². The van der Waals surface area contributed by atoms with Gasteiger partial charge in [-0.3, -0.25) is 10.1 Å². The quantitative estimate of drug-likeness (QED) is 0.593. The second-order valence-electron chi connectivity index (χ2n) is 4.52. The number of hydrogen-bond donors (Lipinski definition) is 2. The van der Waals surface area contributed by atoms with Gasteiger partial charge in [-0.1, -0.05) is 6.92 Å². The summed E-state index contributed by atoms with van der Waals surface area (Å²) in [5.41, 5.74) is -0.633. The highest BCUT2D eigenvalue weighted by atomic mass is 32.2. The summed E-state index contributed by atoms with van der Waals surface area (Å²) in [7, 11) is -4.11. The number of nitro groups is 1. The van der Waals surface area contributed by atoms with E-state index < -0.39 is 31.3 Å². The Kier molecular flexibility index (Phi) is 5.62. The summed E-state index contributed by atoms with van der Waals surface area (Å²) in [5.74, 6) is -1.16. The highest BCUT2D eigenvalue weighted by molar-refractivity contribution is 7.89. The molecule has 0 fully saturated rings. The number of halogens is 1. The van der Waals surface area contributed by atoms with Crippen molar-refractivity contribution in [3.8, 4) is 0 Å². The first kappa shape index (κ1) is 17.3. The minimum absolute atomic E-state index is 0.125. The Morgan fingerprint density at radius 1 is 1.38 bits per heavy atom. The molecule has 7 nitrogen and oxygen atoms in total. The van der Waals surface area contributed by atoms with Crippen molar-refractivity contribution < 1.29 is 17.7 Å². The van der Waals surface area contributed by atoms with Crippen molar-refractivity contribution in [3.63, 3.8) is 0 Å². The summed E-state index contributed by atoms with van der Waals surface area (Å²) in [6.07, 6.45) is 0.532. The molecule has 0 spiro atoms. The third-order valence-corrected chi connectivity index (χ3v) is 4.51. The van der Waals surface area contributed by atoms with E-state index in [2.05, 4.69) is 10.0 Å². The molecule has 0 aliphatic rings. The lowest BCUT2D eigenvalue weighted by molar-refractivity contribution is -0.385. The zero-order valence-corrected chi connectivity index (χ0v) is 12.8. The van der Waals surface area contributed by atoms with Crippen molar-refractivity contribution in [2.45, 2.75) is 38.1 Å². The molecule has 0 aliphatic carbocycles. The van der Waals surface area contributed by atoms with Crippen molar-refractivity contribution >= 4 is 21.4 Å². The van der Waals surface area contributed by atoms with E-state index in [1.807, 2.05) is 0 Å². The number of nitro benzene ring substituents is 1. The summed E-state index contributed by atoms with van der Waals surface area (Å²) in [5, 5.41) is 13.4. The monoisotopic (exact) mass is 319 g/mol. The summed E-state index contributed by atoms with van der Waals surface area (Å²) in [6.45, 7) is 5.40. The van der Waals surface area contributed by atoms with Gasteiger partial charge in [0.15, 0.2) is 5.82 Å². The molecule has 0 amide bonds. The number of non-ortho nitro benzene ring substituents is 1. The predicted molar refractivity (Wildman–Crippen MR) is 77.3 cm³/mol. The SMILES string of the molecule is CCNc1cc([N+](=O)[O-])cc(F)c1S(=O)(=O)NC(C)CC. The van der Waals surface area contributed by atoms with Crippen LogP contribution in [0, 0.1) is 15.9 Å². The summed E-state index contributed by atoms with van der Waals surface area (Å²) in [4.78, 5) is 9.36. The zero-order valence-electron chi connectivity index (χ0n) is 12.0. The average molecular weight is 319 g/mol. The molecule has 118 valence electrons. The first-order valence-electron chi connectivity index (χ1n) is 6.47. The number of nitrogens with zero attached hydrogens (tertiary/aromatic N) is 1. The van der Waals surface area contributed by atoms with Gasteiger partial charge in [-0.25, -0.2) is 17.5 Å². The van der Waals surface area contributed by atoms with E-state index in [4.69, 9.17) is 0 Å². The van der Waals surface area contributed by atoms with Crippen molar-refractivity contribution in [2.75, 3.05) is 11.9 Å². The highest BCUT2D eigenvalue weighted by Gasteiger charge is 2.27. The number of anilines is 1. The lowest BCUT2D eigenvalue weighted by Gasteiger charge is -2.16. The van der Waals surface area contributed by atoms with Gasteiger partial charge in [-0.05, 0) is 20.3 Å². The second-order valence-corrected chi connectivity index (χ2v) is 6.17. The van der Waals surface area contributed by atoms with E-state index in [1.165, 1.54) is 0 Å². The van der Waals surface area contributed by atoms with E-state index in [0.29, 0.717) is 19.0 Å². The minimum Gasteiger partial charge on any atom is -0.384 e. The summed E-state index contributed by atoms with van der Waals surface area (Å²) >= 11 is 0. The fourth-order valence-corrected chi connectivity index (χ4v) is 3.24. The van der Waals surface area contributed by atoms with Crippen LogP contribution in [0.3, 0.4) is 0 Å². The first-order chi connectivity index (χ1) is 9.72. The van der Waals surface area contributed by atoms with Crippen molar-refractivity contribution in [1.29, 1.82) is 0 Å². The Hall–Kier alpha value is -1.74. The van der Waals surface area contributed by atoms with Crippen molar-refractivity contribution in [1.82, 2.24) is 4.72 Å². The molecule has 0 bridgehead atoms. The fourth-order valence-electron chi connectivity index (χ4n) is 1.69. The third kappa shape index (κ3) is 4.11. The number of nitrogens with one attached hydrogen (secondary N) is 2. The molecule has 0 aliphatic heterocycles. The Bertz CT molecular complexity index is 634. The van der Waals surface area contributed by atoms with E-state index in [9.17, 15) is 22.9 Å². The van der Waals surface area contributed by atoms with Gasteiger partial charge in [-0.2, -0.15) is 0 Å². The second kappa shape index (κ2) is 6.81. The first-order valence-corrected chi connectivity index (χ1v) is 7.95. The number of sulfonamides is 1. The maximum absolute atomic E-state index is 14.1. The molecule has 0 saturated heterocycles. The van der Waals surface area contributed by atoms with E-state index in [-0.39, 0.29) is 11.7 Å². The van der Waals surface area contributed by atoms with Gasteiger partial charge in [0, 0.05) is 18.7 Å². The lowest BCUT2D eigenvalue weighted by atomic mass is 10.2. The van der Waals surface area contributed by atoms with Gasteiger partial charge >= 0.3 is 0 Å². The van der Waals surface area contributed by atoms with Gasteiger partial charge in [-0.15, -0.1) is 0 Å². The Labute approximate surface area is 122 Å². The molecule has 0 aromatic heterocycles. The molecule has 9 heteroatoms. The molecule has 1 rings (SSSR count). The molecule has 0 heterocycles. The van der Waals surface area contributed by atoms with Crippen LogP contribution in [0.1, 0.15) is 27.2 Å². The topological polar surface area (TPSA) is 101 Å². The molecule has 1 unspecified atom stereocenters. The fraction of sp³-hybridized carbons (Fsp3) is 0.500. The molecule has 21 heavy (non-hydrogen) atoms. The third-order valence-electron chi connectivity index (χ3n) is 2.84. The Balaban J connectivity index is 3.43. The molecule has 0 saturated carbocycles. The van der Waals surface area contributed by atoms with Crippen LogP contribution in [-0.4, -0.2) is 25.9 Å². The predicted octanol–water partition coefficient (Wildman–Crippen LogP) is 2.24. The Morgan fingerprint density at radius 2 is 2.00 bits per heavy atom. The van der Waals surface area contributed by atoms with Gasteiger partial charge in [0.2, 0.25) is 10.0 Å². The standard InChI is InChI=1S/C12H18FN3O4S/c1-4-8(3)15-21(19,20)12-10(13)6-9(16(17)18)7-11(12)14-5-2/h6-8,14-15H,4-5H2,1-3H3. The van der Waals surface area contributed by atoms with Gasteiger partial charge < -0.3 is 5.32 Å². The van der Waals surface area contributed by atoms with Crippen molar-refractivity contribution in [3.05, 3.63) is 28.1 Å². The van der Waals surface area contributed by atoms with Crippen LogP contribution in [0.5, 0.6) is 0 Å². The molecule has 2 N–H and O–H groups in total. The van der Waals surface area contributed by atoms with E-state index in [0.717, 1.165) is 6.07 Å². The lowest BCUT2D eigenvalue weighted by Crippen LogP contribution is -2.33. The van der Waals surface area contributed by atoms with Crippen molar-refractivity contribution in [2.24, 2.45) is 0 Å². The zero-order chi connectivity index (χ0) is 16.2. The molecule has 1 atom stereocenters. The van der Waals surface area contributed by atoms with Gasteiger partial charge in [0.1, 0.15) is 4.90 Å². The maximum atomic E-state index is 14.1. The smallest absolute Gasteiger partial charge is 0.274 e. The number of benzene rings is 1. The van der Waals surface area contributed by atoms with E-state index >= 15 is 0 Å². The van der Waals surface area contributed by atoms with Crippen LogP contribution in [0.2, 0.25) is 0 Å². The average Bonchev–Trinajstić information content (AvgIpc) is 2.37. The number of hydrogen-bond acceptors (Lipinski definition) is 5. The van der Waals surface area contributed by atoms with Crippen LogP contribution in [0.4, 0.5) is 15.8 Å². The molecular weight excluding hydrogens is 301 g/mol. The largest absolute Gasteiger partial charge is 0.384 e. The summed E-state index contributed by atoms with van der Waals surface area (Å²) in [6, 6.07) is 1.24. The van der Waals surface area contributed by atoms with Crippen LogP contribution >= 0.6 is 0 Å². The minimum atomic E-state index is -4.11. The maximum Gasteiger partial charge on any atom is 0.274 e. The molecular formula is C12H18FN3O4S. The van der Waals surface area contributed by atoms with Crippen LogP contribution in [0.25, 0.3) is 0 Å². The normalized spacial score (nSPS) is 13.0. The molecule has 1 aromatic carbocycles.